The number of anilines is 2. The summed E-state index contributed by atoms with van der Waals surface area (Å²) in [7, 11) is 1.30. The van der Waals surface area contributed by atoms with E-state index < -0.39 is 24.5 Å². The predicted molar refractivity (Wildman–Crippen MR) is 117 cm³/mol. The Morgan fingerprint density at radius 3 is 2.81 bits per heavy atom. The molecule has 0 saturated carbocycles. The fraction of sp³-hybridized carbons (Fsp3) is 0.333. The summed E-state index contributed by atoms with van der Waals surface area (Å²) in [5.74, 6) is -1.85. The quantitative estimate of drug-likeness (QED) is 0.659. The second-order valence-corrected chi connectivity index (χ2v) is 9.63. The highest BCUT2D eigenvalue weighted by Crippen LogP contribution is 2.39. The second-order valence-electron chi connectivity index (χ2n) is 7.14. The smallest absolute Gasteiger partial charge is 0.341 e. The first kappa shape index (κ1) is 21.4. The number of carbonyl (C=O) groups excluding carboxylic acids is 4. The van der Waals surface area contributed by atoms with E-state index in [1.165, 1.54) is 36.3 Å². The maximum absolute atomic E-state index is 12.4. The van der Waals surface area contributed by atoms with Gasteiger partial charge >= 0.3 is 11.9 Å². The van der Waals surface area contributed by atoms with E-state index >= 15 is 0 Å². The highest BCUT2D eigenvalue weighted by Gasteiger charge is 2.28. The molecule has 10 heteroatoms. The van der Waals surface area contributed by atoms with E-state index in [0.29, 0.717) is 16.3 Å². The highest BCUT2D eigenvalue weighted by atomic mass is 32.2. The molecule has 2 heterocycles. The van der Waals surface area contributed by atoms with Gasteiger partial charge in [0.15, 0.2) is 6.61 Å². The Balaban J connectivity index is 1.40. The van der Waals surface area contributed by atoms with Gasteiger partial charge in [0.1, 0.15) is 5.00 Å². The van der Waals surface area contributed by atoms with Crippen LogP contribution in [0.2, 0.25) is 0 Å². The van der Waals surface area contributed by atoms with Gasteiger partial charge in [0.2, 0.25) is 5.91 Å². The number of thioether (sulfide) groups is 1. The fourth-order valence-corrected chi connectivity index (χ4v) is 5.75. The first-order valence-electron chi connectivity index (χ1n) is 9.68. The van der Waals surface area contributed by atoms with Gasteiger partial charge < -0.3 is 20.1 Å². The number of nitrogens with one attached hydrogen (secondary N) is 2. The molecule has 1 aromatic carbocycles. The third kappa shape index (κ3) is 4.31. The molecule has 0 spiro atoms. The molecule has 1 aliphatic carbocycles. The molecule has 162 valence electrons. The lowest BCUT2D eigenvalue weighted by atomic mass is 10.1. The van der Waals surface area contributed by atoms with Crippen molar-refractivity contribution < 1.29 is 28.7 Å². The Hall–Kier alpha value is -2.85. The molecule has 2 aromatic rings. The van der Waals surface area contributed by atoms with Crippen LogP contribution in [0.4, 0.5) is 10.7 Å². The van der Waals surface area contributed by atoms with Crippen LogP contribution in [-0.4, -0.2) is 42.7 Å². The third-order valence-electron chi connectivity index (χ3n) is 5.04. The number of carbonyl (C=O) groups is 4. The molecule has 2 amide bonds. The summed E-state index contributed by atoms with van der Waals surface area (Å²) in [5.41, 5.74) is 2.08. The molecule has 0 bridgehead atoms. The Kier molecular flexibility index (Phi) is 6.01. The Morgan fingerprint density at radius 2 is 2.03 bits per heavy atom. The first-order chi connectivity index (χ1) is 14.9. The third-order valence-corrected chi connectivity index (χ3v) is 7.43. The fourth-order valence-electron chi connectivity index (χ4n) is 3.52. The van der Waals surface area contributed by atoms with Crippen molar-refractivity contribution in [3.63, 3.8) is 0 Å². The number of thiophene rings is 1. The van der Waals surface area contributed by atoms with Crippen LogP contribution in [0.3, 0.4) is 0 Å². The van der Waals surface area contributed by atoms with Crippen molar-refractivity contribution in [2.75, 3.05) is 24.4 Å². The number of aryl methyl sites for hydroxylation is 1. The predicted octanol–water partition coefficient (Wildman–Crippen LogP) is 3.25. The SMILES string of the molecule is COC(=O)c1c(NC(=O)COC(=O)c2ccc3c(c2)NC(=O)C(C)S3)sc2c1CCC2. The van der Waals surface area contributed by atoms with Crippen molar-refractivity contribution in [1.29, 1.82) is 0 Å². The van der Waals surface area contributed by atoms with Crippen LogP contribution < -0.4 is 10.6 Å². The van der Waals surface area contributed by atoms with Crippen LogP contribution in [0.5, 0.6) is 0 Å². The minimum Gasteiger partial charge on any atom is -0.465 e. The molecule has 8 nitrogen and oxygen atoms in total. The van der Waals surface area contributed by atoms with Gasteiger partial charge in [-0.25, -0.2) is 9.59 Å². The number of benzene rings is 1. The van der Waals surface area contributed by atoms with E-state index in [1.54, 1.807) is 19.1 Å². The monoisotopic (exact) mass is 460 g/mol. The van der Waals surface area contributed by atoms with E-state index in [2.05, 4.69) is 10.6 Å². The molecule has 1 aliphatic heterocycles. The van der Waals surface area contributed by atoms with Gasteiger partial charge in [-0.2, -0.15) is 0 Å². The van der Waals surface area contributed by atoms with Gasteiger partial charge in [-0.3, -0.25) is 9.59 Å². The van der Waals surface area contributed by atoms with Crippen molar-refractivity contribution in [3.8, 4) is 0 Å². The summed E-state index contributed by atoms with van der Waals surface area (Å²) < 4.78 is 9.98. The maximum atomic E-state index is 12.4. The van der Waals surface area contributed by atoms with Gasteiger partial charge in [0.05, 0.1) is 29.2 Å². The van der Waals surface area contributed by atoms with Gasteiger partial charge in [0, 0.05) is 9.77 Å². The van der Waals surface area contributed by atoms with Crippen LogP contribution in [-0.2, 0) is 31.9 Å². The number of fused-ring (bicyclic) bond motifs is 2. The van der Waals surface area contributed by atoms with Crippen LogP contribution in [0.25, 0.3) is 0 Å². The number of hydrogen-bond donors (Lipinski definition) is 2. The molecule has 1 unspecified atom stereocenters. The minimum atomic E-state index is -0.683. The summed E-state index contributed by atoms with van der Waals surface area (Å²) in [6, 6.07) is 4.86. The second kappa shape index (κ2) is 8.72. The number of rotatable bonds is 5. The Morgan fingerprint density at radius 1 is 1.23 bits per heavy atom. The van der Waals surface area contributed by atoms with Crippen molar-refractivity contribution >= 4 is 57.5 Å². The molecule has 1 aromatic heterocycles. The largest absolute Gasteiger partial charge is 0.465 e. The minimum absolute atomic E-state index is 0.133. The van der Waals surface area contributed by atoms with Crippen molar-refractivity contribution in [1.82, 2.24) is 0 Å². The summed E-state index contributed by atoms with van der Waals surface area (Å²) >= 11 is 2.76. The average Bonchev–Trinajstić information content (AvgIpc) is 3.32. The van der Waals surface area contributed by atoms with Crippen molar-refractivity contribution in [3.05, 3.63) is 39.8 Å². The van der Waals surface area contributed by atoms with Crippen LogP contribution in [0.1, 0.15) is 44.5 Å². The van der Waals surface area contributed by atoms with Crippen molar-refractivity contribution in [2.45, 2.75) is 36.3 Å². The molecule has 31 heavy (non-hydrogen) atoms. The van der Waals surface area contributed by atoms with E-state index in [4.69, 9.17) is 9.47 Å². The normalized spacial score (nSPS) is 16.7. The number of amides is 2. The van der Waals surface area contributed by atoms with Gasteiger partial charge in [-0.1, -0.05) is 0 Å². The average molecular weight is 461 g/mol. The molecular formula is C21H20N2O6S2. The molecule has 0 fully saturated rings. The number of hydrogen-bond acceptors (Lipinski definition) is 8. The zero-order chi connectivity index (χ0) is 22.1. The van der Waals surface area contributed by atoms with E-state index in [1.807, 2.05) is 0 Å². The lowest BCUT2D eigenvalue weighted by molar-refractivity contribution is -0.119. The molecule has 2 N–H and O–H groups in total. The van der Waals surface area contributed by atoms with E-state index in [9.17, 15) is 19.2 Å². The van der Waals surface area contributed by atoms with Crippen molar-refractivity contribution in [2.24, 2.45) is 0 Å². The summed E-state index contributed by atoms with van der Waals surface area (Å²) in [6.45, 7) is 1.30. The zero-order valence-corrected chi connectivity index (χ0v) is 18.5. The highest BCUT2D eigenvalue weighted by molar-refractivity contribution is 8.00. The number of esters is 2. The summed E-state index contributed by atoms with van der Waals surface area (Å²) in [5, 5.41) is 5.63. The molecule has 4 rings (SSSR count). The maximum Gasteiger partial charge on any atom is 0.341 e. The van der Waals surface area contributed by atoms with Gasteiger partial charge in [-0.05, 0) is 49.9 Å². The van der Waals surface area contributed by atoms with E-state index in [0.717, 1.165) is 34.6 Å². The van der Waals surface area contributed by atoms with Gasteiger partial charge in [-0.15, -0.1) is 23.1 Å². The topological polar surface area (TPSA) is 111 Å². The summed E-state index contributed by atoms with van der Waals surface area (Å²) in [6.07, 6.45) is 2.60. The zero-order valence-electron chi connectivity index (χ0n) is 16.9. The Bertz CT molecular complexity index is 1090. The first-order valence-corrected chi connectivity index (χ1v) is 11.4. The lowest BCUT2D eigenvalue weighted by Gasteiger charge is -2.21. The van der Waals surface area contributed by atoms with Crippen LogP contribution in [0.15, 0.2) is 23.1 Å². The molecule has 0 radical (unpaired) electrons. The standard InChI is InChI=1S/C21H20N2O6S2/c1-10-18(25)22-13-8-11(6-7-15(13)30-10)20(26)29-9-16(24)23-19-17(21(27)28-2)12-4-3-5-14(12)31-19/h6-8,10H,3-5,9H2,1-2H3,(H,22,25)(H,23,24). The van der Waals surface area contributed by atoms with Gasteiger partial charge in [0.25, 0.3) is 5.91 Å². The molecule has 1 atom stereocenters. The molecule has 2 aliphatic rings. The van der Waals surface area contributed by atoms with Crippen LogP contribution in [0, 0.1) is 0 Å². The molecular weight excluding hydrogens is 440 g/mol. The van der Waals surface area contributed by atoms with Crippen LogP contribution >= 0.6 is 23.1 Å². The number of ether oxygens (including phenoxy) is 2. The summed E-state index contributed by atoms with van der Waals surface area (Å²) in [4.78, 5) is 50.7. The Labute approximate surface area is 186 Å². The molecule has 0 saturated heterocycles. The van der Waals surface area contributed by atoms with E-state index in [-0.39, 0.29) is 16.7 Å². The lowest BCUT2D eigenvalue weighted by Crippen LogP contribution is -2.26. The number of methoxy groups -OCH3 is 1.